The molecule has 1 aromatic heterocycles. The molecular weight excluding hydrogens is 290 g/mol. The second kappa shape index (κ2) is 6.08. The summed E-state index contributed by atoms with van der Waals surface area (Å²) in [5.41, 5.74) is 6.28. The van der Waals surface area contributed by atoms with Gasteiger partial charge in [0.15, 0.2) is 0 Å². The second-order valence-electron chi connectivity index (χ2n) is 5.79. The van der Waals surface area contributed by atoms with Crippen molar-refractivity contribution >= 4 is 10.0 Å². The fourth-order valence-electron chi connectivity index (χ4n) is 3.04. The van der Waals surface area contributed by atoms with E-state index in [1.807, 2.05) is 7.05 Å². The normalized spacial score (nSPS) is 20.6. The highest BCUT2D eigenvalue weighted by Crippen LogP contribution is 2.29. The lowest BCUT2D eigenvalue weighted by molar-refractivity contribution is 0.271. The number of hydrogen-bond acceptors (Lipinski definition) is 5. The summed E-state index contributed by atoms with van der Waals surface area (Å²) >= 11 is 0. The van der Waals surface area contributed by atoms with Gasteiger partial charge in [0.2, 0.25) is 10.0 Å². The summed E-state index contributed by atoms with van der Waals surface area (Å²) in [5.74, 6) is 1.000. The van der Waals surface area contributed by atoms with Crippen LogP contribution in [-0.2, 0) is 16.6 Å². The zero-order valence-corrected chi connectivity index (χ0v) is 14.0. The molecule has 0 radical (unpaired) electrons. The van der Waals surface area contributed by atoms with E-state index in [1.165, 1.54) is 4.31 Å². The molecule has 1 aliphatic rings. The van der Waals surface area contributed by atoms with Crippen LogP contribution >= 0.6 is 0 Å². The van der Waals surface area contributed by atoms with Gasteiger partial charge in [0, 0.05) is 31.7 Å². The van der Waals surface area contributed by atoms with Crippen LogP contribution in [0, 0.1) is 13.8 Å². The highest BCUT2D eigenvalue weighted by molar-refractivity contribution is 7.89. The topological polar surface area (TPSA) is 79.8 Å². The molecular formula is C14H25N3O3S. The van der Waals surface area contributed by atoms with Gasteiger partial charge in [-0.15, -0.1) is 0 Å². The van der Waals surface area contributed by atoms with Crippen LogP contribution in [0.25, 0.3) is 0 Å². The van der Waals surface area contributed by atoms with Crippen molar-refractivity contribution in [2.45, 2.75) is 44.2 Å². The van der Waals surface area contributed by atoms with Gasteiger partial charge >= 0.3 is 0 Å². The summed E-state index contributed by atoms with van der Waals surface area (Å²) in [7, 11) is 0.0974. The van der Waals surface area contributed by atoms with Gasteiger partial charge in [-0.2, -0.15) is 4.31 Å². The molecule has 2 N–H and O–H groups in total. The predicted octanol–water partition coefficient (Wildman–Crippen LogP) is 1.07. The van der Waals surface area contributed by atoms with Crippen molar-refractivity contribution in [3.05, 3.63) is 17.1 Å². The standard InChI is InChI=1S/C14H25N3O3S/c1-10-13(8-15)14(11(2)20-10)21(18,19)17(4)9-12-6-5-7-16(12)3/h12H,5-9,15H2,1-4H3. The van der Waals surface area contributed by atoms with Crippen LogP contribution in [0.1, 0.15) is 29.9 Å². The lowest BCUT2D eigenvalue weighted by atomic mass is 10.2. The van der Waals surface area contributed by atoms with E-state index in [0.717, 1.165) is 19.4 Å². The molecule has 1 fully saturated rings. The molecule has 1 saturated heterocycles. The van der Waals surface area contributed by atoms with Gasteiger partial charge in [0.1, 0.15) is 16.4 Å². The number of likely N-dealkylation sites (tertiary alicyclic amines) is 1. The Balaban J connectivity index is 2.29. The maximum Gasteiger partial charge on any atom is 0.246 e. The molecule has 1 aromatic rings. The number of hydrogen-bond donors (Lipinski definition) is 1. The van der Waals surface area contributed by atoms with Crippen LogP contribution in [0.3, 0.4) is 0 Å². The third kappa shape index (κ3) is 3.01. The van der Waals surface area contributed by atoms with E-state index in [1.54, 1.807) is 20.9 Å². The van der Waals surface area contributed by atoms with E-state index in [9.17, 15) is 8.42 Å². The Labute approximate surface area is 126 Å². The number of likely N-dealkylation sites (N-methyl/N-ethyl adjacent to an activating group) is 2. The molecule has 6 nitrogen and oxygen atoms in total. The number of furan rings is 1. The van der Waals surface area contributed by atoms with Gasteiger partial charge in [-0.05, 0) is 40.3 Å². The Morgan fingerprint density at radius 2 is 2.05 bits per heavy atom. The Bertz CT molecular complexity index is 609. The molecule has 1 unspecified atom stereocenters. The smallest absolute Gasteiger partial charge is 0.246 e. The maximum atomic E-state index is 12.8. The van der Waals surface area contributed by atoms with Crippen LogP contribution < -0.4 is 5.73 Å². The molecule has 2 heterocycles. The number of nitrogens with two attached hydrogens (primary N) is 1. The molecule has 0 amide bonds. The minimum Gasteiger partial charge on any atom is -0.465 e. The summed E-state index contributed by atoms with van der Waals surface area (Å²) < 4.78 is 32.6. The van der Waals surface area contributed by atoms with Crippen molar-refractivity contribution in [2.24, 2.45) is 5.73 Å². The van der Waals surface area contributed by atoms with Crippen LogP contribution in [0.5, 0.6) is 0 Å². The first-order valence-corrected chi connectivity index (χ1v) is 8.68. The van der Waals surface area contributed by atoms with Gasteiger partial charge in [0.25, 0.3) is 0 Å². The average molecular weight is 315 g/mol. The summed E-state index contributed by atoms with van der Waals surface area (Å²) in [6, 6.07) is 0.277. The van der Waals surface area contributed by atoms with E-state index in [-0.39, 0.29) is 17.5 Å². The minimum absolute atomic E-state index is 0.162. The van der Waals surface area contributed by atoms with Crippen LogP contribution in [0.15, 0.2) is 9.31 Å². The average Bonchev–Trinajstić information content (AvgIpc) is 2.92. The summed E-state index contributed by atoms with van der Waals surface area (Å²) in [6.45, 7) is 5.10. The molecule has 0 aromatic carbocycles. The number of sulfonamides is 1. The number of rotatable bonds is 5. The first-order valence-electron chi connectivity index (χ1n) is 7.24. The van der Waals surface area contributed by atoms with E-state index >= 15 is 0 Å². The first kappa shape index (κ1) is 16.5. The summed E-state index contributed by atoms with van der Waals surface area (Å²) in [6.07, 6.45) is 2.15. The van der Waals surface area contributed by atoms with E-state index in [0.29, 0.717) is 23.6 Å². The van der Waals surface area contributed by atoms with Crippen molar-refractivity contribution in [3.8, 4) is 0 Å². The fraction of sp³-hybridized carbons (Fsp3) is 0.714. The van der Waals surface area contributed by atoms with Gasteiger partial charge in [-0.25, -0.2) is 8.42 Å². The molecule has 0 spiro atoms. The lowest BCUT2D eigenvalue weighted by Crippen LogP contribution is -2.39. The molecule has 1 atom stereocenters. The highest BCUT2D eigenvalue weighted by atomic mass is 32.2. The van der Waals surface area contributed by atoms with Gasteiger partial charge in [-0.3, -0.25) is 0 Å². The fourth-order valence-corrected chi connectivity index (χ4v) is 4.67. The molecule has 0 aliphatic carbocycles. The minimum atomic E-state index is -3.57. The SMILES string of the molecule is Cc1oc(C)c(S(=O)(=O)N(C)CC2CCCN2C)c1CN. The molecule has 7 heteroatoms. The lowest BCUT2D eigenvalue weighted by Gasteiger charge is -2.25. The Morgan fingerprint density at radius 3 is 2.57 bits per heavy atom. The Hall–Kier alpha value is -0.890. The Morgan fingerprint density at radius 1 is 1.38 bits per heavy atom. The van der Waals surface area contributed by atoms with Crippen molar-refractivity contribution in [2.75, 3.05) is 27.2 Å². The van der Waals surface area contributed by atoms with Gasteiger partial charge < -0.3 is 15.1 Å². The summed E-state index contributed by atoms with van der Waals surface area (Å²) in [5, 5.41) is 0. The monoisotopic (exact) mass is 315 g/mol. The summed E-state index contributed by atoms with van der Waals surface area (Å²) in [4.78, 5) is 2.45. The van der Waals surface area contributed by atoms with Gasteiger partial charge in [0.05, 0.1) is 0 Å². The molecule has 2 rings (SSSR count). The predicted molar refractivity (Wildman–Crippen MR) is 81.5 cm³/mol. The molecule has 21 heavy (non-hydrogen) atoms. The third-order valence-corrected chi connectivity index (χ3v) is 6.36. The largest absolute Gasteiger partial charge is 0.465 e. The van der Waals surface area contributed by atoms with E-state index in [2.05, 4.69) is 4.90 Å². The number of nitrogens with zero attached hydrogens (tertiary/aromatic N) is 2. The molecule has 0 saturated carbocycles. The molecule has 1 aliphatic heterocycles. The zero-order valence-electron chi connectivity index (χ0n) is 13.2. The maximum absolute atomic E-state index is 12.8. The van der Waals surface area contributed by atoms with Crippen LogP contribution in [0.4, 0.5) is 0 Å². The van der Waals surface area contributed by atoms with Crippen molar-refractivity contribution in [1.29, 1.82) is 0 Å². The van der Waals surface area contributed by atoms with Crippen molar-refractivity contribution in [1.82, 2.24) is 9.21 Å². The van der Waals surface area contributed by atoms with Crippen molar-refractivity contribution in [3.63, 3.8) is 0 Å². The van der Waals surface area contributed by atoms with Crippen LogP contribution in [-0.4, -0.2) is 50.8 Å². The number of aryl methyl sites for hydroxylation is 2. The van der Waals surface area contributed by atoms with Crippen molar-refractivity contribution < 1.29 is 12.8 Å². The molecule has 0 bridgehead atoms. The van der Waals surface area contributed by atoms with E-state index in [4.69, 9.17) is 10.2 Å². The zero-order chi connectivity index (χ0) is 15.8. The Kier molecular flexibility index (Phi) is 4.77. The van der Waals surface area contributed by atoms with Crippen LogP contribution in [0.2, 0.25) is 0 Å². The quantitative estimate of drug-likeness (QED) is 0.879. The third-order valence-electron chi connectivity index (χ3n) is 4.34. The second-order valence-corrected chi connectivity index (χ2v) is 7.77. The molecule has 120 valence electrons. The first-order chi connectivity index (χ1) is 9.78. The van der Waals surface area contributed by atoms with Gasteiger partial charge in [-0.1, -0.05) is 0 Å². The highest BCUT2D eigenvalue weighted by Gasteiger charge is 2.32. The van der Waals surface area contributed by atoms with E-state index < -0.39 is 10.0 Å².